The summed E-state index contributed by atoms with van der Waals surface area (Å²) in [6.45, 7) is 11.9. The van der Waals surface area contributed by atoms with Gasteiger partial charge < -0.3 is 4.57 Å². The van der Waals surface area contributed by atoms with E-state index in [4.69, 9.17) is 0 Å². The maximum absolute atomic E-state index is 3.71. The molecule has 7 rings (SSSR count). The van der Waals surface area contributed by atoms with Gasteiger partial charge >= 0.3 is 0 Å². The largest absolute Gasteiger partial charge is 0.308 e. The van der Waals surface area contributed by atoms with Crippen LogP contribution in [0.15, 0.2) is 140 Å². The van der Waals surface area contributed by atoms with Crippen molar-refractivity contribution in [2.75, 3.05) is 0 Å². The number of hydrogen-bond acceptors (Lipinski definition) is 1. The van der Waals surface area contributed by atoms with Crippen molar-refractivity contribution in [3.8, 4) is 5.69 Å². The fraction of sp³-hybridized carbons (Fsp3) is 0.100. The average molecular weight is 562 g/mol. The van der Waals surface area contributed by atoms with Crippen LogP contribution in [0.25, 0.3) is 64.0 Å². The highest BCUT2D eigenvalue weighted by molar-refractivity contribution is 7.27. The summed E-state index contributed by atoms with van der Waals surface area (Å²) in [5.74, 6) is 0. The Morgan fingerprint density at radius 1 is 0.667 bits per heavy atom. The number of hydrogen-bond donors (Lipinski definition) is 0. The van der Waals surface area contributed by atoms with Crippen LogP contribution in [0.4, 0.5) is 0 Å². The lowest BCUT2D eigenvalue weighted by atomic mass is 9.98. The van der Waals surface area contributed by atoms with E-state index < -0.39 is 0 Å². The first-order chi connectivity index (χ1) is 20.5. The summed E-state index contributed by atoms with van der Waals surface area (Å²) in [5.41, 5.74) is 7.44. The van der Waals surface area contributed by atoms with Gasteiger partial charge in [-0.15, -0.1) is 11.3 Å². The lowest BCUT2D eigenvalue weighted by molar-refractivity contribution is 1.19. The molecule has 0 bridgehead atoms. The number of rotatable bonds is 4. The zero-order valence-corrected chi connectivity index (χ0v) is 25.5. The minimum Gasteiger partial charge on any atom is -0.308 e. The van der Waals surface area contributed by atoms with Gasteiger partial charge in [0.2, 0.25) is 0 Å². The van der Waals surface area contributed by atoms with Gasteiger partial charge in [0.15, 0.2) is 0 Å². The second-order valence-electron chi connectivity index (χ2n) is 10.7. The first-order valence-electron chi connectivity index (χ1n) is 14.5. The Labute approximate surface area is 252 Å². The van der Waals surface area contributed by atoms with E-state index in [0.29, 0.717) is 0 Å². The van der Waals surface area contributed by atoms with E-state index in [1.54, 1.807) is 0 Å². The minimum atomic E-state index is 1.09. The van der Waals surface area contributed by atoms with Crippen LogP contribution in [0, 0.1) is 0 Å². The maximum atomic E-state index is 3.71. The van der Waals surface area contributed by atoms with Crippen LogP contribution >= 0.6 is 11.3 Å². The van der Waals surface area contributed by atoms with Crippen LogP contribution in [0.3, 0.4) is 0 Å². The van der Waals surface area contributed by atoms with Gasteiger partial charge in [0.1, 0.15) is 0 Å². The molecule has 7 aromatic rings. The first kappa shape index (κ1) is 27.5. The summed E-state index contributed by atoms with van der Waals surface area (Å²) in [6.07, 6.45) is 10.1. The number of fused-ring (bicyclic) bond motifs is 10. The van der Waals surface area contributed by atoms with Crippen molar-refractivity contribution in [2.24, 2.45) is 0 Å². The normalized spacial score (nSPS) is 12.3. The number of para-hydroxylation sites is 1. The third-order valence-corrected chi connectivity index (χ3v) is 9.10. The molecule has 1 nitrogen and oxygen atoms in total. The molecule has 0 aliphatic rings. The smallest absolute Gasteiger partial charge is 0.0734 e. The second-order valence-corrected chi connectivity index (χ2v) is 11.7. The Hall–Kier alpha value is -4.66. The van der Waals surface area contributed by atoms with Gasteiger partial charge in [-0.3, -0.25) is 0 Å². The Morgan fingerprint density at radius 3 is 1.90 bits per heavy atom. The van der Waals surface area contributed by atoms with Crippen LogP contribution in [0.1, 0.15) is 33.3 Å². The number of nitrogens with zero attached hydrogens (tertiary/aromatic N) is 1. The summed E-state index contributed by atoms with van der Waals surface area (Å²) in [7, 11) is 0. The van der Waals surface area contributed by atoms with Gasteiger partial charge in [0, 0.05) is 26.5 Å². The van der Waals surface area contributed by atoms with Crippen LogP contribution < -0.4 is 0 Å². The molecule has 2 aromatic heterocycles. The van der Waals surface area contributed by atoms with Crippen molar-refractivity contribution >= 4 is 69.7 Å². The van der Waals surface area contributed by atoms with E-state index in [1.165, 1.54) is 69.6 Å². The number of aromatic nitrogens is 1. The number of allylic oxidation sites excluding steroid dienone is 7. The molecular weight excluding hydrogens is 527 g/mol. The summed E-state index contributed by atoms with van der Waals surface area (Å²) in [4.78, 5) is 0. The molecule has 42 heavy (non-hydrogen) atoms. The standard InChI is InChI=1S/C32H23NS.C8H12/c1-3-20(2)21-16-18-22(19-17-21)33-28-15-9-8-14-27(28)32-30(33)29-25-12-6-4-10-23(25)24-11-5-7-13-26(24)31(29)34-32;1-4-5-6-7-8(2)3/h3-19H,1-2H3;4-7H,2H2,1,3H3/b20-3+;5-4-,7-6-. The molecule has 0 radical (unpaired) electrons. The molecule has 5 aromatic carbocycles. The third kappa shape index (κ3) is 4.78. The van der Waals surface area contributed by atoms with E-state index in [0.717, 1.165) is 5.57 Å². The first-order valence-corrected chi connectivity index (χ1v) is 15.3. The van der Waals surface area contributed by atoms with E-state index in [2.05, 4.69) is 128 Å². The molecule has 0 amide bonds. The summed E-state index contributed by atoms with van der Waals surface area (Å²) >= 11 is 1.93. The summed E-state index contributed by atoms with van der Waals surface area (Å²) in [6, 6.07) is 35.6. The van der Waals surface area contributed by atoms with Crippen LogP contribution in [0.5, 0.6) is 0 Å². The maximum Gasteiger partial charge on any atom is 0.0734 e. The monoisotopic (exact) mass is 561 g/mol. The van der Waals surface area contributed by atoms with Crippen molar-refractivity contribution < 1.29 is 0 Å². The van der Waals surface area contributed by atoms with Gasteiger partial charge in [-0.2, -0.15) is 0 Å². The van der Waals surface area contributed by atoms with Crippen molar-refractivity contribution in [1.29, 1.82) is 0 Å². The number of thiophene rings is 1. The quantitative estimate of drug-likeness (QED) is 0.149. The molecule has 206 valence electrons. The molecule has 0 atom stereocenters. The minimum absolute atomic E-state index is 1.09. The van der Waals surface area contributed by atoms with Crippen molar-refractivity contribution in [3.05, 3.63) is 145 Å². The zero-order chi connectivity index (χ0) is 29.2. The molecule has 0 saturated heterocycles. The second kappa shape index (κ2) is 11.7. The van der Waals surface area contributed by atoms with Crippen LogP contribution in [-0.4, -0.2) is 4.57 Å². The lowest BCUT2D eigenvalue weighted by Gasteiger charge is -2.11. The highest BCUT2D eigenvalue weighted by atomic mass is 32.1. The molecule has 0 saturated carbocycles. The third-order valence-electron chi connectivity index (χ3n) is 7.85. The molecular formula is C40H35NS. The van der Waals surface area contributed by atoms with E-state index >= 15 is 0 Å². The van der Waals surface area contributed by atoms with Gasteiger partial charge in [-0.1, -0.05) is 121 Å². The topological polar surface area (TPSA) is 4.93 Å². The molecule has 2 heterocycles. The fourth-order valence-corrected chi connectivity index (χ4v) is 7.10. The Morgan fingerprint density at radius 2 is 1.26 bits per heavy atom. The van der Waals surface area contributed by atoms with Gasteiger partial charge in [-0.05, 0) is 73.2 Å². The van der Waals surface area contributed by atoms with Crippen molar-refractivity contribution in [2.45, 2.75) is 27.7 Å². The van der Waals surface area contributed by atoms with Crippen LogP contribution in [-0.2, 0) is 0 Å². The highest BCUT2D eigenvalue weighted by Crippen LogP contribution is 2.48. The molecule has 0 aliphatic carbocycles. The molecule has 0 aliphatic heterocycles. The molecule has 0 fully saturated rings. The average Bonchev–Trinajstić information content (AvgIpc) is 3.57. The van der Waals surface area contributed by atoms with Crippen molar-refractivity contribution in [3.63, 3.8) is 0 Å². The summed E-state index contributed by atoms with van der Waals surface area (Å²) in [5, 5.41) is 8.00. The predicted octanol–water partition coefficient (Wildman–Crippen LogP) is 12.4. The van der Waals surface area contributed by atoms with E-state index in [9.17, 15) is 0 Å². The van der Waals surface area contributed by atoms with Crippen molar-refractivity contribution in [1.82, 2.24) is 4.57 Å². The predicted molar refractivity (Wildman–Crippen MR) is 189 cm³/mol. The number of benzene rings is 5. The van der Waals surface area contributed by atoms with Gasteiger partial charge in [0.25, 0.3) is 0 Å². The molecule has 0 spiro atoms. The highest BCUT2D eigenvalue weighted by Gasteiger charge is 2.21. The molecule has 0 N–H and O–H groups in total. The Balaban J connectivity index is 0.000000350. The van der Waals surface area contributed by atoms with Gasteiger partial charge in [0.05, 0.1) is 15.7 Å². The van der Waals surface area contributed by atoms with Crippen LogP contribution in [0.2, 0.25) is 0 Å². The SMILES string of the molecule is C/C=C(\C)c1ccc(-n2c3ccccc3c3sc4c5ccccc5c5ccccc5c4c32)cc1.C=C(C)/C=C\C=C/C. The Kier molecular flexibility index (Phi) is 7.65. The zero-order valence-electron chi connectivity index (χ0n) is 24.7. The molecule has 0 unspecified atom stereocenters. The van der Waals surface area contributed by atoms with E-state index in [1.807, 2.05) is 49.5 Å². The fourth-order valence-electron chi connectivity index (χ4n) is 5.73. The van der Waals surface area contributed by atoms with Gasteiger partial charge in [-0.25, -0.2) is 0 Å². The van der Waals surface area contributed by atoms with E-state index in [-0.39, 0.29) is 0 Å². The molecule has 2 heteroatoms. The summed E-state index contributed by atoms with van der Waals surface area (Å²) < 4.78 is 5.21. The lowest BCUT2D eigenvalue weighted by Crippen LogP contribution is -1.94. The Bertz CT molecular complexity index is 2180.